The quantitative estimate of drug-likeness (QED) is 0.767. The molecule has 1 aliphatic rings. The summed E-state index contributed by atoms with van der Waals surface area (Å²) >= 11 is 0. The summed E-state index contributed by atoms with van der Waals surface area (Å²) in [5.41, 5.74) is 4.52. The number of nitrogens with zero attached hydrogens (tertiary/aromatic N) is 3. The smallest absolute Gasteiger partial charge is 0.136 e. The predicted octanol–water partition coefficient (Wildman–Crippen LogP) is 1.87. The van der Waals surface area contributed by atoms with E-state index in [1.54, 1.807) is 0 Å². The van der Waals surface area contributed by atoms with E-state index >= 15 is 0 Å². The molecule has 1 aliphatic heterocycles. The molecule has 4 heteroatoms. The summed E-state index contributed by atoms with van der Waals surface area (Å²) in [5, 5.41) is 11.1. The van der Waals surface area contributed by atoms with Crippen molar-refractivity contribution in [3.05, 3.63) is 17.7 Å². The second-order valence-corrected chi connectivity index (χ2v) is 4.12. The van der Waals surface area contributed by atoms with Gasteiger partial charge < -0.3 is 4.90 Å². The van der Waals surface area contributed by atoms with Crippen molar-refractivity contribution in [2.45, 2.75) is 19.8 Å². The first-order valence-electron chi connectivity index (χ1n) is 5.41. The number of hydrogen-bond donors (Lipinski definition) is 1. The van der Waals surface area contributed by atoms with Crippen molar-refractivity contribution in [3.8, 4) is 0 Å². The van der Waals surface area contributed by atoms with Gasteiger partial charge in [-0.2, -0.15) is 15.4 Å². The monoisotopic (exact) mass is 202 g/mol. The first kappa shape index (κ1) is 8.71. The van der Waals surface area contributed by atoms with E-state index < -0.39 is 0 Å². The molecule has 78 valence electrons. The van der Waals surface area contributed by atoms with Crippen molar-refractivity contribution in [2.24, 2.45) is 0 Å². The second-order valence-electron chi connectivity index (χ2n) is 4.12. The summed E-state index contributed by atoms with van der Waals surface area (Å²) in [6.45, 7) is 4.43. The van der Waals surface area contributed by atoms with E-state index in [0.29, 0.717) is 0 Å². The van der Waals surface area contributed by atoms with Crippen molar-refractivity contribution in [2.75, 3.05) is 18.0 Å². The minimum atomic E-state index is 0.961. The number of aryl methyl sites for hydroxylation is 1. The molecule has 0 radical (unpaired) electrons. The molecule has 1 fully saturated rings. The summed E-state index contributed by atoms with van der Waals surface area (Å²) < 4.78 is 0. The van der Waals surface area contributed by atoms with Gasteiger partial charge in [0.05, 0.1) is 5.69 Å². The van der Waals surface area contributed by atoms with Gasteiger partial charge in [0, 0.05) is 13.1 Å². The van der Waals surface area contributed by atoms with Crippen molar-refractivity contribution < 1.29 is 0 Å². The molecule has 2 aromatic rings. The van der Waals surface area contributed by atoms with Crippen LogP contribution in [-0.2, 0) is 0 Å². The normalized spacial score (nSPS) is 16.5. The van der Waals surface area contributed by atoms with Crippen LogP contribution in [0.25, 0.3) is 11.0 Å². The van der Waals surface area contributed by atoms with Gasteiger partial charge in [0.1, 0.15) is 11.0 Å². The van der Waals surface area contributed by atoms with Gasteiger partial charge in [-0.25, -0.2) is 0 Å². The molecular formula is C11H14N4. The Morgan fingerprint density at radius 3 is 2.80 bits per heavy atom. The largest absolute Gasteiger partial charge is 0.369 e. The van der Waals surface area contributed by atoms with E-state index in [-0.39, 0.29) is 0 Å². The van der Waals surface area contributed by atoms with Gasteiger partial charge in [0.25, 0.3) is 0 Å². The molecule has 0 saturated carbocycles. The fourth-order valence-corrected chi connectivity index (χ4v) is 2.34. The standard InChI is InChI=1S/C11H14N4/c1-8-4-5-9-10(13-14-12-9)11(8)15-6-2-3-7-15/h4-5H,2-3,6-7H2,1H3,(H,12,13,14). The van der Waals surface area contributed by atoms with E-state index in [1.807, 2.05) is 6.07 Å². The van der Waals surface area contributed by atoms with Crippen molar-refractivity contribution >= 4 is 16.7 Å². The Kier molecular flexibility index (Phi) is 1.87. The lowest BCUT2D eigenvalue weighted by Crippen LogP contribution is -2.19. The number of aromatic amines is 1. The third-order valence-corrected chi connectivity index (χ3v) is 3.09. The molecule has 3 rings (SSSR count). The highest BCUT2D eigenvalue weighted by Crippen LogP contribution is 2.30. The minimum absolute atomic E-state index is 0.961. The molecule has 1 N–H and O–H groups in total. The lowest BCUT2D eigenvalue weighted by Gasteiger charge is -2.19. The SMILES string of the molecule is Cc1ccc2n[nH]nc2c1N1CCCC1. The molecule has 15 heavy (non-hydrogen) atoms. The van der Waals surface area contributed by atoms with Crippen molar-refractivity contribution in [3.63, 3.8) is 0 Å². The first-order valence-corrected chi connectivity index (χ1v) is 5.41. The molecule has 4 nitrogen and oxygen atoms in total. The topological polar surface area (TPSA) is 44.8 Å². The highest BCUT2D eigenvalue weighted by atomic mass is 15.3. The Morgan fingerprint density at radius 2 is 2.00 bits per heavy atom. The lowest BCUT2D eigenvalue weighted by molar-refractivity contribution is 0.945. The maximum Gasteiger partial charge on any atom is 0.136 e. The number of anilines is 1. The highest BCUT2D eigenvalue weighted by molar-refractivity contribution is 5.90. The molecule has 0 amide bonds. The minimum Gasteiger partial charge on any atom is -0.369 e. The third-order valence-electron chi connectivity index (χ3n) is 3.09. The van der Waals surface area contributed by atoms with Crippen LogP contribution in [-0.4, -0.2) is 28.5 Å². The summed E-state index contributed by atoms with van der Waals surface area (Å²) in [7, 11) is 0. The van der Waals surface area contributed by atoms with Crippen LogP contribution >= 0.6 is 0 Å². The number of nitrogens with one attached hydrogen (secondary N) is 1. The van der Waals surface area contributed by atoms with Crippen LogP contribution in [0.5, 0.6) is 0 Å². The Bertz CT molecular complexity index is 482. The highest BCUT2D eigenvalue weighted by Gasteiger charge is 2.18. The average molecular weight is 202 g/mol. The number of hydrogen-bond acceptors (Lipinski definition) is 3. The zero-order chi connectivity index (χ0) is 10.3. The van der Waals surface area contributed by atoms with Crippen LogP contribution in [0.2, 0.25) is 0 Å². The Morgan fingerprint density at radius 1 is 1.20 bits per heavy atom. The van der Waals surface area contributed by atoms with Crippen LogP contribution < -0.4 is 4.90 Å². The third kappa shape index (κ3) is 1.28. The molecule has 0 aliphatic carbocycles. The van der Waals surface area contributed by atoms with Crippen LogP contribution in [0.1, 0.15) is 18.4 Å². The van der Waals surface area contributed by atoms with Gasteiger partial charge in [-0.3, -0.25) is 0 Å². The first-order chi connectivity index (χ1) is 7.36. The van der Waals surface area contributed by atoms with E-state index in [2.05, 4.69) is 33.3 Å². The molecule has 0 spiro atoms. The van der Waals surface area contributed by atoms with Crippen LogP contribution in [0.3, 0.4) is 0 Å². The lowest BCUT2D eigenvalue weighted by atomic mass is 10.1. The van der Waals surface area contributed by atoms with Gasteiger partial charge >= 0.3 is 0 Å². The molecule has 1 saturated heterocycles. The number of benzene rings is 1. The van der Waals surface area contributed by atoms with Crippen LogP contribution in [0, 0.1) is 6.92 Å². The van der Waals surface area contributed by atoms with Crippen LogP contribution in [0.15, 0.2) is 12.1 Å². The number of rotatable bonds is 1. The second kappa shape index (κ2) is 3.22. The van der Waals surface area contributed by atoms with Gasteiger partial charge in [0.15, 0.2) is 0 Å². The molecule has 0 unspecified atom stereocenters. The summed E-state index contributed by atoms with van der Waals surface area (Å²) in [4.78, 5) is 2.42. The zero-order valence-corrected chi connectivity index (χ0v) is 8.82. The van der Waals surface area contributed by atoms with E-state index in [0.717, 1.165) is 24.1 Å². The van der Waals surface area contributed by atoms with Gasteiger partial charge in [-0.1, -0.05) is 6.07 Å². The Balaban J connectivity index is 2.21. The maximum absolute atomic E-state index is 4.25. The van der Waals surface area contributed by atoms with Crippen molar-refractivity contribution in [1.29, 1.82) is 0 Å². The molecule has 1 aromatic carbocycles. The number of H-pyrrole nitrogens is 1. The molecule has 0 atom stereocenters. The summed E-state index contributed by atoms with van der Waals surface area (Å²) in [6.07, 6.45) is 2.57. The fourth-order valence-electron chi connectivity index (χ4n) is 2.34. The molecular weight excluding hydrogens is 188 g/mol. The van der Waals surface area contributed by atoms with Gasteiger partial charge in [0.2, 0.25) is 0 Å². The molecule has 2 heterocycles. The molecule has 0 bridgehead atoms. The van der Waals surface area contributed by atoms with Gasteiger partial charge in [-0.05, 0) is 31.4 Å². The fraction of sp³-hybridized carbons (Fsp3) is 0.455. The Hall–Kier alpha value is -1.58. The van der Waals surface area contributed by atoms with E-state index in [9.17, 15) is 0 Å². The Labute approximate surface area is 88.3 Å². The predicted molar refractivity (Wildman–Crippen MR) is 60.1 cm³/mol. The summed E-state index contributed by atoms with van der Waals surface area (Å²) in [5.74, 6) is 0. The zero-order valence-electron chi connectivity index (χ0n) is 8.82. The number of fused-ring (bicyclic) bond motifs is 1. The van der Waals surface area contributed by atoms with Gasteiger partial charge in [-0.15, -0.1) is 0 Å². The maximum atomic E-state index is 4.25. The summed E-state index contributed by atoms with van der Waals surface area (Å²) in [6, 6.07) is 4.15. The van der Waals surface area contributed by atoms with E-state index in [4.69, 9.17) is 0 Å². The molecule has 1 aromatic heterocycles. The van der Waals surface area contributed by atoms with E-state index in [1.165, 1.54) is 24.1 Å². The number of aromatic nitrogens is 3. The van der Waals surface area contributed by atoms with Crippen molar-refractivity contribution in [1.82, 2.24) is 15.4 Å². The average Bonchev–Trinajstić information content (AvgIpc) is 2.85. The van der Waals surface area contributed by atoms with Crippen LogP contribution in [0.4, 0.5) is 5.69 Å².